The van der Waals surface area contributed by atoms with E-state index in [1.54, 1.807) is 12.1 Å². The van der Waals surface area contributed by atoms with Crippen LogP contribution in [-0.2, 0) is 16.1 Å². The van der Waals surface area contributed by atoms with Gasteiger partial charge in [-0.3, -0.25) is 9.69 Å². The predicted octanol–water partition coefficient (Wildman–Crippen LogP) is 6.28. The summed E-state index contributed by atoms with van der Waals surface area (Å²) < 4.78 is 13.2. The molecule has 224 valence electrons. The topological polar surface area (TPSA) is 91.3 Å². The number of nitrogens with one attached hydrogen (secondary N) is 1. The number of nitrogens with zero attached hydrogens (tertiary/aromatic N) is 1. The van der Waals surface area contributed by atoms with Gasteiger partial charge in [0.2, 0.25) is 0 Å². The van der Waals surface area contributed by atoms with E-state index in [0.29, 0.717) is 17.8 Å². The number of hydrogen-bond acceptors (Lipinski definition) is 6. The highest BCUT2D eigenvalue weighted by molar-refractivity contribution is 6.04. The molecule has 7 heteroatoms. The van der Waals surface area contributed by atoms with Crippen LogP contribution in [0, 0.1) is 5.92 Å². The van der Waals surface area contributed by atoms with Gasteiger partial charge in [-0.2, -0.15) is 0 Å². The van der Waals surface area contributed by atoms with Gasteiger partial charge in [0.15, 0.2) is 6.29 Å². The van der Waals surface area contributed by atoms with Crippen molar-refractivity contribution in [3.05, 3.63) is 137 Å². The first-order chi connectivity index (χ1) is 20.8. The maximum Gasteiger partial charge on any atom is 0.255 e. The minimum atomic E-state index is -0.681. The Kier molecular flexibility index (Phi) is 10.0. The molecule has 0 bridgehead atoms. The van der Waals surface area contributed by atoms with Gasteiger partial charge in [-0.05, 0) is 54.9 Å². The van der Waals surface area contributed by atoms with E-state index < -0.39 is 12.4 Å². The third-order valence-electron chi connectivity index (χ3n) is 8.34. The molecule has 0 aliphatic carbocycles. The summed E-state index contributed by atoms with van der Waals surface area (Å²) in [6, 6.07) is 34.0. The van der Waals surface area contributed by atoms with Crippen LogP contribution < -0.4 is 5.32 Å². The number of carbonyl (C=O) groups is 1. The molecule has 0 aromatic heterocycles. The average Bonchev–Trinajstić information content (AvgIpc) is 3.06. The number of likely N-dealkylation sites (N-methyl/N-ethyl adjacent to an activating group) is 1. The van der Waals surface area contributed by atoms with Crippen LogP contribution in [0.2, 0.25) is 0 Å². The number of ether oxygens (including phenoxy) is 2. The molecule has 1 heterocycles. The van der Waals surface area contributed by atoms with Crippen LogP contribution in [0.4, 0.5) is 5.69 Å². The molecule has 0 saturated carbocycles. The summed E-state index contributed by atoms with van der Waals surface area (Å²) in [7, 11) is 2.00. The van der Waals surface area contributed by atoms with Crippen LogP contribution in [0.3, 0.4) is 0 Å². The second-order valence-corrected chi connectivity index (χ2v) is 11.3. The minimum absolute atomic E-state index is 0.0132. The van der Waals surface area contributed by atoms with Crippen molar-refractivity contribution < 1.29 is 24.5 Å². The van der Waals surface area contributed by atoms with Gasteiger partial charge in [0.1, 0.15) is 0 Å². The summed E-state index contributed by atoms with van der Waals surface area (Å²) in [4.78, 5) is 14.9. The first kappa shape index (κ1) is 30.6. The third kappa shape index (κ3) is 7.39. The number of anilines is 1. The lowest BCUT2D eigenvalue weighted by atomic mass is 9.89. The Hall–Kier alpha value is -3.85. The molecule has 4 aromatic rings. The summed E-state index contributed by atoms with van der Waals surface area (Å²) in [6.45, 7) is 4.68. The van der Waals surface area contributed by atoms with Gasteiger partial charge in [-0.1, -0.05) is 91.9 Å². The molecule has 1 fully saturated rings. The van der Waals surface area contributed by atoms with Crippen molar-refractivity contribution in [3.8, 4) is 0 Å². The van der Waals surface area contributed by atoms with E-state index >= 15 is 0 Å². The number of carbonyl (C=O) groups excluding carboxylic acids is 1. The molecule has 5 rings (SSSR count). The van der Waals surface area contributed by atoms with E-state index in [2.05, 4.69) is 17.1 Å². The van der Waals surface area contributed by atoms with Crippen LogP contribution >= 0.6 is 0 Å². The van der Waals surface area contributed by atoms with Crippen molar-refractivity contribution in [2.75, 3.05) is 18.9 Å². The Bertz CT molecular complexity index is 1460. The van der Waals surface area contributed by atoms with Crippen molar-refractivity contribution in [1.82, 2.24) is 4.90 Å². The smallest absolute Gasteiger partial charge is 0.255 e. The summed E-state index contributed by atoms with van der Waals surface area (Å²) in [5.41, 5.74) is 4.72. The molecule has 1 aliphatic rings. The number of hydrogen-bond donors (Lipinski definition) is 3. The van der Waals surface area contributed by atoms with E-state index in [4.69, 9.17) is 9.47 Å². The molecule has 1 amide bonds. The molecular formula is C36H40N2O5. The number of amides is 1. The standard InChI is InChI=1S/C36H40N2O5/c1-24-32(22-38(3)25(2)33(40)27-11-6-4-7-12-27)42-36(43-34(24)28-19-17-26(23-39)18-20-28)30-15-10-16-31(21-30)37-35(41)29-13-8-5-9-14-29/h4-21,24-25,32-34,36,39-40H,22-23H2,1-3H3,(H,37,41)/t24-,25+,32+,33+,34+,36+/m1/s1. The Morgan fingerprint density at radius 2 is 1.56 bits per heavy atom. The number of benzene rings is 4. The monoisotopic (exact) mass is 580 g/mol. The zero-order valence-electron chi connectivity index (χ0n) is 24.8. The van der Waals surface area contributed by atoms with E-state index in [-0.39, 0.29) is 36.7 Å². The highest BCUT2D eigenvalue weighted by atomic mass is 16.7. The maximum absolute atomic E-state index is 12.8. The second-order valence-electron chi connectivity index (χ2n) is 11.3. The lowest BCUT2D eigenvalue weighted by molar-refractivity contribution is -0.276. The zero-order valence-corrected chi connectivity index (χ0v) is 24.8. The van der Waals surface area contributed by atoms with Gasteiger partial charge < -0.3 is 25.0 Å². The summed E-state index contributed by atoms with van der Waals surface area (Å²) in [5, 5.41) is 23.6. The lowest BCUT2D eigenvalue weighted by Gasteiger charge is -2.43. The van der Waals surface area contributed by atoms with Gasteiger partial charge >= 0.3 is 0 Å². The average molecular weight is 581 g/mol. The predicted molar refractivity (Wildman–Crippen MR) is 167 cm³/mol. The highest BCUT2D eigenvalue weighted by Crippen LogP contribution is 2.42. The quantitative estimate of drug-likeness (QED) is 0.205. The van der Waals surface area contributed by atoms with Gasteiger partial charge in [0.05, 0.1) is 24.9 Å². The summed E-state index contributed by atoms with van der Waals surface area (Å²) >= 11 is 0. The Balaban J connectivity index is 1.38. The van der Waals surface area contributed by atoms with Crippen molar-refractivity contribution in [2.24, 2.45) is 5.92 Å². The number of aliphatic hydroxyl groups excluding tert-OH is 2. The SMILES string of the molecule is C[C@@H]1[C@H](CN(C)[C@@H](C)[C@H](O)c2ccccc2)O[C@H](c2cccc(NC(=O)c3ccccc3)c2)O[C@@H]1c1ccc(CO)cc1. The Morgan fingerprint density at radius 1 is 0.884 bits per heavy atom. The fourth-order valence-electron chi connectivity index (χ4n) is 5.50. The van der Waals surface area contributed by atoms with Crippen molar-refractivity contribution in [2.45, 2.75) is 51.1 Å². The molecular weight excluding hydrogens is 540 g/mol. The molecule has 4 aromatic carbocycles. The number of rotatable bonds is 10. The molecule has 1 saturated heterocycles. The largest absolute Gasteiger partial charge is 0.392 e. The maximum atomic E-state index is 12.8. The molecule has 7 nitrogen and oxygen atoms in total. The van der Waals surface area contributed by atoms with E-state index in [0.717, 1.165) is 22.3 Å². The normalized spacial score (nSPS) is 21.7. The molecule has 6 atom stereocenters. The molecule has 0 spiro atoms. The minimum Gasteiger partial charge on any atom is -0.392 e. The van der Waals surface area contributed by atoms with Gasteiger partial charge in [0.25, 0.3) is 5.91 Å². The van der Waals surface area contributed by atoms with Crippen LogP contribution in [0.15, 0.2) is 109 Å². The molecule has 0 unspecified atom stereocenters. The summed E-state index contributed by atoms with van der Waals surface area (Å²) in [5.74, 6) is -0.204. The molecule has 0 radical (unpaired) electrons. The first-order valence-corrected chi connectivity index (χ1v) is 14.7. The van der Waals surface area contributed by atoms with Crippen LogP contribution in [-0.4, -0.2) is 46.8 Å². The van der Waals surface area contributed by atoms with Crippen molar-refractivity contribution in [3.63, 3.8) is 0 Å². The first-order valence-electron chi connectivity index (χ1n) is 14.7. The Morgan fingerprint density at radius 3 is 2.23 bits per heavy atom. The highest BCUT2D eigenvalue weighted by Gasteiger charge is 2.39. The third-order valence-corrected chi connectivity index (χ3v) is 8.34. The molecule has 3 N–H and O–H groups in total. The van der Waals surface area contributed by atoms with E-state index in [1.807, 2.05) is 111 Å². The van der Waals surface area contributed by atoms with E-state index in [9.17, 15) is 15.0 Å². The second kappa shape index (κ2) is 14.1. The summed E-state index contributed by atoms with van der Waals surface area (Å²) in [6.07, 6.45) is -1.83. The fourth-order valence-corrected chi connectivity index (χ4v) is 5.50. The molecule has 1 aliphatic heterocycles. The fraction of sp³-hybridized carbons (Fsp3) is 0.306. The Labute approximate surface area is 253 Å². The van der Waals surface area contributed by atoms with E-state index in [1.165, 1.54) is 0 Å². The van der Waals surface area contributed by atoms with Crippen LogP contribution in [0.5, 0.6) is 0 Å². The van der Waals surface area contributed by atoms with Gasteiger partial charge in [-0.25, -0.2) is 0 Å². The van der Waals surface area contributed by atoms with Crippen molar-refractivity contribution in [1.29, 1.82) is 0 Å². The van der Waals surface area contributed by atoms with Gasteiger partial charge in [0, 0.05) is 35.3 Å². The van der Waals surface area contributed by atoms with Crippen LogP contribution in [0.1, 0.15) is 65.0 Å². The van der Waals surface area contributed by atoms with Gasteiger partial charge in [-0.15, -0.1) is 0 Å². The van der Waals surface area contributed by atoms with Crippen molar-refractivity contribution >= 4 is 11.6 Å². The number of aliphatic hydroxyl groups is 2. The van der Waals surface area contributed by atoms with Crippen LogP contribution in [0.25, 0.3) is 0 Å². The zero-order chi connectivity index (χ0) is 30.3. The molecule has 43 heavy (non-hydrogen) atoms. The lowest BCUT2D eigenvalue weighted by Crippen LogP contribution is -2.46.